The highest BCUT2D eigenvalue weighted by atomic mass is 32.2. The molecule has 3 aliphatic rings. The molecular weight excluding hydrogens is 627 g/mol. The lowest BCUT2D eigenvalue weighted by molar-refractivity contribution is 1.07. The summed E-state index contributed by atoms with van der Waals surface area (Å²) < 4.78 is 4.89. The topological polar surface area (TPSA) is 35.6 Å². The van der Waals surface area contributed by atoms with Gasteiger partial charge in [-0.05, 0) is 62.9 Å². The highest BCUT2D eigenvalue weighted by Gasteiger charge is 2.47. The van der Waals surface area contributed by atoms with Crippen molar-refractivity contribution in [1.82, 2.24) is 19.1 Å². The Morgan fingerprint density at radius 2 is 0.820 bits per heavy atom. The number of benzene rings is 7. The average Bonchev–Trinajstić information content (AvgIpc) is 3.78. The summed E-state index contributed by atoms with van der Waals surface area (Å²) in [7, 11) is 0. The second-order valence-electron chi connectivity index (χ2n) is 13.3. The SMILES string of the molecule is c1ccc(-c2cc3nc(-c4ccccc4)n4c3c3c2Sc2c(-c5ccccc5)cc5nc(-c6ccccc6)n6c5c2B3c2c-4cccc2-6)cc1. The number of hydrogen-bond donors (Lipinski definition) is 0. The summed E-state index contributed by atoms with van der Waals surface area (Å²) in [5.74, 6) is 1.94. The van der Waals surface area contributed by atoms with Gasteiger partial charge < -0.3 is 0 Å². The molecule has 3 aliphatic heterocycles. The Kier molecular flexibility index (Phi) is 5.22. The molecule has 0 saturated heterocycles. The van der Waals surface area contributed by atoms with Gasteiger partial charge in [-0.15, -0.1) is 0 Å². The molecule has 7 aromatic carbocycles. The summed E-state index contributed by atoms with van der Waals surface area (Å²) in [6.07, 6.45) is 0. The monoisotopic (exact) mass is 652 g/mol. The Morgan fingerprint density at radius 3 is 1.24 bits per heavy atom. The minimum Gasteiger partial charge on any atom is -0.293 e. The molecule has 0 spiro atoms. The van der Waals surface area contributed by atoms with Crippen molar-refractivity contribution in [3.8, 4) is 56.4 Å². The summed E-state index contributed by atoms with van der Waals surface area (Å²) in [6.45, 7) is 0.0328. The van der Waals surface area contributed by atoms with Gasteiger partial charge in [0.1, 0.15) is 11.6 Å². The molecule has 0 fully saturated rings. The van der Waals surface area contributed by atoms with Gasteiger partial charge in [-0.3, -0.25) is 9.13 Å². The van der Waals surface area contributed by atoms with Crippen molar-refractivity contribution in [3.05, 3.63) is 152 Å². The van der Waals surface area contributed by atoms with Crippen LogP contribution in [0.4, 0.5) is 0 Å². The Labute approximate surface area is 292 Å². The van der Waals surface area contributed by atoms with Crippen molar-refractivity contribution in [3.63, 3.8) is 0 Å². The van der Waals surface area contributed by atoms with E-state index in [9.17, 15) is 0 Å². The van der Waals surface area contributed by atoms with Gasteiger partial charge in [0.25, 0.3) is 6.71 Å². The molecule has 6 heteroatoms. The molecule has 0 atom stereocenters. The first kappa shape index (κ1) is 26.8. The predicted octanol–water partition coefficient (Wildman–Crippen LogP) is 8.64. The number of fused-ring (bicyclic) bond motifs is 2. The van der Waals surface area contributed by atoms with Crippen molar-refractivity contribution < 1.29 is 0 Å². The molecule has 230 valence electrons. The van der Waals surface area contributed by atoms with E-state index < -0.39 is 0 Å². The summed E-state index contributed by atoms with van der Waals surface area (Å²) in [6, 6.07) is 54.5. The molecule has 9 aromatic rings. The number of nitrogens with zero attached hydrogens (tertiary/aromatic N) is 4. The lowest BCUT2D eigenvalue weighted by Gasteiger charge is -2.39. The smallest absolute Gasteiger partial charge is 0.255 e. The number of imidazole rings is 2. The van der Waals surface area contributed by atoms with Gasteiger partial charge in [0.05, 0.1) is 22.1 Å². The van der Waals surface area contributed by atoms with Crippen LogP contribution in [0.3, 0.4) is 0 Å². The van der Waals surface area contributed by atoms with E-state index in [1.54, 1.807) is 0 Å². The first-order valence-electron chi connectivity index (χ1n) is 17.1. The molecule has 0 radical (unpaired) electrons. The van der Waals surface area contributed by atoms with Crippen LogP contribution < -0.4 is 16.4 Å². The van der Waals surface area contributed by atoms with Crippen LogP contribution in [0, 0.1) is 0 Å². The molecule has 5 heterocycles. The van der Waals surface area contributed by atoms with E-state index in [-0.39, 0.29) is 6.71 Å². The van der Waals surface area contributed by atoms with E-state index in [2.05, 4.69) is 161 Å². The van der Waals surface area contributed by atoms with E-state index in [1.165, 1.54) is 70.8 Å². The van der Waals surface area contributed by atoms with Crippen LogP contribution in [0.1, 0.15) is 0 Å². The molecular formula is C44H25BN4S. The molecule has 0 unspecified atom stereocenters. The van der Waals surface area contributed by atoms with Gasteiger partial charge in [-0.2, -0.15) is 0 Å². The van der Waals surface area contributed by atoms with Crippen LogP contribution in [-0.4, -0.2) is 25.8 Å². The molecule has 0 saturated carbocycles. The van der Waals surface area contributed by atoms with E-state index >= 15 is 0 Å². The zero-order valence-electron chi connectivity index (χ0n) is 26.7. The van der Waals surface area contributed by atoms with Gasteiger partial charge in [0, 0.05) is 32.3 Å². The number of hydrogen-bond acceptors (Lipinski definition) is 3. The molecule has 0 amide bonds. The standard InChI is InChI=1S/C44H25BN4S/c1-5-14-26(15-6-1)30-24-32-39-37-41(30)50-42-31(27-16-7-2-8-17-27)25-33-40-38(42)45(37)36-34(48(39)43(46-32)28-18-9-3-10-19-28)22-13-23-35(36)49(40)44(47-33)29-20-11-4-12-21-29/h1-25H. The first-order valence-corrected chi connectivity index (χ1v) is 17.9. The predicted molar refractivity (Wildman–Crippen MR) is 206 cm³/mol. The van der Waals surface area contributed by atoms with Crippen molar-refractivity contribution in [2.24, 2.45) is 0 Å². The van der Waals surface area contributed by atoms with E-state index in [4.69, 9.17) is 9.97 Å². The van der Waals surface area contributed by atoms with Gasteiger partial charge in [-0.25, -0.2) is 9.97 Å². The summed E-state index contributed by atoms with van der Waals surface area (Å²) >= 11 is 1.93. The normalized spacial score (nSPS) is 13.1. The number of aromatic nitrogens is 4. The van der Waals surface area contributed by atoms with Crippen LogP contribution in [0.5, 0.6) is 0 Å². The second-order valence-corrected chi connectivity index (χ2v) is 14.3. The van der Waals surface area contributed by atoms with E-state index in [0.29, 0.717) is 0 Å². The molecule has 0 bridgehead atoms. The second kappa shape index (κ2) is 9.75. The molecule has 2 aromatic heterocycles. The Hall–Kier alpha value is -6.11. The van der Waals surface area contributed by atoms with Gasteiger partial charge >= 0.3 is 0 Å². The molecule has 12 rings (SSSR count). The zero-order chi connectivity index (χ0) is 32.5. The Balaban J connectivity index is 1.30. The molecule has 50 heavy (non-hydrogen) atoms. The zero-order valence-corrected chi connectivity index (χ0v) is 27.5. The fraction of sp³-hybridized carbons (Fsp3) is 0. The van der Waals surface area contributed by atoms with Crippen molar-refractivity contribution >= 4 is 56.9 Å². The molecule has 0 aliphatic carbocycles. The van der Waals surface area contributed by atoms with Gasteiger partial charge in [0.2, 0.25) is 0 Å². The lowest BCUT2D eigenvalue weighted by Crippen LogP contribution is -2.62. The van der Waals surface area contributed by atoms with Crippen LogP contribution >= 0.6 is 11.8 Å². The highest BCUT2D eigenvalue weighted by Crippen LogP contribution is 2.49. The third-order valence-corrected chi connectivity index (χ3v) is 12.0. The maximum Gasteiger partial charge on any atom is 0.255 e. The fourth-order valence-electron chi connectivity index (χ4n) is 8.72. The lowest BCUT2D eigenvalue weighted by atomic mass is 9.33. The third-order valence-electron chi connectivity index (χ3n) is 10.7. The molecule has 4 nitrogen and oxygen atoms in total. The third kappa shape index (κ3) is 3.38. The maximum absolute atomic E-state index is 5.47. The fourth-order valence-corrected chi connectivity index (χ4v) is 10.1. The summed E-state index contributed by atoms with van der Waals surface area (Å²) in [5.41, 5.74) is 18.0. The van der Waals surface area contributed by atoms with E-state index in [1.807, 2.05) is 11.8 Å². The Bertz CT molecular complexity index is 2690. The minimum atomic E-state index is 0.0328. The van der Waals surface area contributed by atoms with Crippen LogP contribution in [0.25, 0.3) is 78.5 Å². The highest BCUT2D eigenvalue weighted by molar-refractivity contribution is 8.00. The number of rotatable bonds is 4. The van der Waals surface area contributed by atoms with Gasteiger partial charge in [0.15, 0.2) is 0 Å². The van der Waals surface area contributed by atoms with Crippen molar-refractivity contribution in [1.29, 1.82) is 0 Å². The maximum atomic E-state index is 5.47. The largest absolute Gasteiger partial charge is 0.293 e. The molecule has 0 N–H and O–H groups in total. The van der Waals surface area contributed by atoms with Crippen LogP contribution in [0.2, 0.25) is 0 Å². The first-order chi connectivity index (χ1) is 24.8. The minimum absolute atomic E-state index is 0.0328. The van der Waals surface area contributed by atoms with E-state index in [0.717, 1.165) is 33.8 Å². The van der Waals surface area contributed by atoms with Gasteiger partial charge in [-0.1, -0.05) is 139 Å². The quantitative estimate of drug-likeness (QED) is 0.179. The van der Waals surface area contributed by atoms with Crippen molar-refractivity contribution in [2.75, 3.05) is 0 Å². The average molecular weight is 653 g/mol. The Morgan fingerprint density at radius 1 is 0.420 bits per heavy atom. The van der Waals surface area contributed by atoms with Crippen LogP contribution in [-0.2, 0) is 0 Å². The van der Waals surface area contributed by atoms with Crippen molar-refractivity contribution in [2.45, 2.75) is 9.79 Å². The van der Waals surface area contributed by atoms with Crippen LogP contribution in [0.15, 0.2) is 161 Å². The summed E-state index contributed by atoms with van der Waals surface area (Å²) in [4.78, 5) is 13.6. The summed E-state index contributed by atoms with van der Waals surface area (Å²) in [5, 5.41) is 0.